The van der Waals surface area contributed by atoms with Gasteiger partial charge in [0.1, 0.15) is 11.8 Å². The van der Waals surface area contributed by atoms with Crippen LogP contribution in [0, 0.1) is 13.8 Å². The highest BCUT2D eigenvalue weighted by Gasteiger charge is 2.20. The van der Waals surface area contributed by atoms with E-state index in [1.165, 1.54) is 4.90 Å². The van der Waals surface area contributed by atoms with E-state index in [2.05, 4.69) is 0 Å². The largest absolute Gasteiger partial charge is 0.496 e. The topological polar surface area (TPSA) is 55.6 Å². The van der Waals surface area contributed by atoms with E-state index in [4.69, 9.17) is 10.5 Å². The van der Waals surface area contributed by atoms with Crippen molar-refractivity contribution in [1.82, 2.24) is 4.90 Å². The van der Waals surface area contributed by atoms with Crippen LogP contribution in [0.4, 0.5) is 0 Å². The molecule has 94 valence electrons. The summed E-state index contributed by atoms with van der Waals surface area (Å²) < 4.78 is 5.23. The third kappa shape index (κ3) is 2.58. The molecule has 0 spiro atoms. The van der Waals surface area contributed by atoms with Crippen LogP contribution in [0.5, 0.6) is 5.75 Å². The first kappa shape index (κ1) is 13.5. The molecule has 0 heterocycles. The molecule has 0 saturated carbocycles. The zero-order valence-electron chi connectivity index (χ0n) is 11.1. The van der Waals surface area contributed by atoms with Crippen LogP contribution in [0.15, 0.2) is 12.1 Å². The van der Waals surface area contributed by atoms with Crippen LogP contribution in [-0.4, -0.2) is 32.0 Å². The zero-order valence-corrected chi connectivity index (χ0v) is 11.1. The quantitative estimate of drug-likeness (QED) is 0.863. The summed E-state index contributed by atoms with van der Waals surface area (Å²) in [4.78, 5) is 13.3. The summed E-state index contributed by atoms with van der Waals surface area (Å²) in [7, 11) is 5.04. The normalized spacial score (nSPS) is 12.1. The Bertz CT molecular complexity index is 428. The average molecular weight is 236 g/mol. The molecule has 0 bridgehead atoms. The first-order valence-corrected chi connectivity index (χ1v) is 5.51. The summed E-state index contributed by atoms with van der Waals surface area (Å²) in [5, 5.41) is 0. The molecule has 0 saturated heterocycles. The molecule has 17 heavy (non-hydrogen) atoms. The first-order valence-electron chi connectivity index (χ1n) is 5.51. The van der Waals surface area contributed by atoms with E-state index < -0.39 is 6.04 Å². The van der Waals surface area contributed by atoms with E-state index in [-0.39, 0.29) is 5.91 Å². The lowest BCUT2D eigenvalue weighted by molar-refractivity contribution is -0.130. The smallest absolute Gasteiger partial charge is 0.243 e. The third-order valence-corrected chi connectivity index (χ3v) is 3.04. The van der Waals surface area contributed by atoms with Crippen molar-refractivity contribution in [3.63, 3.8) is 0 Å². The van der Waals surface area contributed by atoms with Gasteiger partial charge in [0, 0.05) is 14.1 Å². The van der Waals surface area contributed by atoms with Crippen molar-refractivity contribution in [3.05, 3.63) is 28.8 Å². The minimum Gasteiger partial charge on any atom is -0.496 e. The second-order valence-electron chi connectivity index (χ2n) is 4.32. The van der Waals surface area contributed by atoms with Crippen LogP contribution < -0.4 is 10.5 Å². The predicted octanol–water partition coefficient (Wildman–Crippen LogP) is 1.40. The number of nitrogens with zero attached hydrogens (tertiary/aromatic N) is 1. The summed E-state index contributed by atoms with van der Waals surface area (Å²) in [6.07, 6.45) is 0. The van der Waals surface area contributed by atoms with E-state index in [1.807, 2.05) is 26.0 Å². The maximum atomic E-state index is 11.8. The van der Waals surface area contributed by atoms with Gasteiger partial charge < -0.3 is 15.4 Å². The van der Waals surface area contributed by atoms with Gasteiger partial charge in [0.05, 0.1) is 7.11 Å². The highest BCUT2D eigenvalue weighted by Crippen LogP contribution is 2.27. The number of benzene rings is 1. The summed E-state index contributed by atoms with van der Waals surface area (Å²) in [6, 6.07) is 3.09. The lowest BCUT2D eigenvalue weighted by Gasteiger charge is -2.20. The van der Waals surface area contributed by atoms with Gasteiger partial charge in [-0.3, -0.25) is 4.79 Å². The number of nitrogens with two attached hydrogens (primary N) is 1. The van der Waals surface area contributed by atoms with E-state index in [9.17, 15) is 4.79 Å². The number of methoxy groups -OCH3 is 1. The van der Waals surface area contributed by atoms with Gasteiger partial charge in [-0.05, 0) is 36.6 Å². The van der Waals surface area contributed by atoms with Crippen molar-refractivity contribution in [2.24, 2.45) is 5.73 Å². The average Bonchev–Trinajstić information content (AvgIpc) is 2.30. The van der Waals surface area contributed by atoms with Crippen molar-refractivity contribution in [3.8, 4) is 5.75 Å². The number of ether oxygens (including phenoxy) is 1. The number of hydrogen-bond acceptors (Lipinski definition) is 3. The molecule has 4 heteroatoms. The fraction of sp³-hybridized carbons (Fsp3) is 0.462. The molecule has 1 amide bonds. The summed E-state index contributed by atoms with van der Waals surface area (Å²) >= 11 is 0. The minimum absolute atomic E-state index is 0.0994. The summed E-state index contributed by atoms with van der Waals surface area (Å²) in [5.41, 5.74) is 8.84. The molecule has 0 aliphatic carbocycles. The van der Waals surface area contributed by atoms with Gasteiger partial charge in [0.2, 0.25) is 5.91 Å². The van der Waals surface area contributed by atoms with Gasteiger partial charge in [0.25, 0.3) is 0 Å². The monoisotopic (exact) mass is 236 g/mol. The molecule has 2 N–H and O–H groups in total. The number of hydrogen-bond donors (Lipinski definition) is 1. The van der Waals surface area contributed by atoms with Gasteiger partial charge in [-0.15, -0.1) is 0 Å². The van der Waals surface area contributed by atoms with E-state index in [1.54, 1.807) is 21.2 Å². The van der Waals surface area contributed by atoms with Crippen LogP contribution in [0.3, 0.4) is 0 Å². The molecule has 0 fully saturated rings. The zero-order chi connectivity index (χ0) is 13.2. The van der Waals surface area contributed by atoms with Gasteiger partial charge in [-0.2, -0.15) is 0 Å². The molecule has 1 rings (SSSR count). The van der Waals surface area contributed by atoms with Crippen LogP contribution in [0.2, 0.25) is 0 Å². The number of carbonyl (C=O) groups excluding carboxylic acids is 1. The molecule has 1 unspecified atom stereocenters. The molecule has 1 atom stereocenters. The van der Waals surface area contributed by atoms with Crippen LogP contribution >= 0.6 is 0 Å². The predicted molar refractivity (Wildman–Crippen MR) is 68.1 cm³/mol. The number of rotatable bonds is 3. The molecular weight excluding hydrogens is 216 g/mol. The first-order chi connectivity index (χ1) is 7.90. The Balaban J connectivity index is 3.16. The second kappa shape index (κ2) is 5.19. The SMILES string of the molecule is COc1ccc(C(N)C(=O)N(C)C)c(C)c1C. The summed E-state index contributed by atoms with van der Waals surface area (Å²) in [6.45, 7) is 3.92. The number of likely N-dealkylation sites (N-methyl/N-ethyl adjacent to an activating group) is 1. The Morgan fingerprint density at radius 3 is 2.35 bits per heavy atom. The molecule has 1 aromatic rings. The van der Waals surface area contributed by atoms with Crippen LogP contribution in [0.1, 0.15) is 22.7 Å². The Morgan fingerprint density at radius 2 is 1.88 bits per heavy atom. The molecule has 4 nitrogen and oxygen atoms in total. The Hall–Kier alpha value is -1.55. The van der Waals surface area contributed by atoms with Gasteiger partial charge >= 0.3 is 0 Å². The Morgan fingerprint density at radius 1 is 1.29 bits per heavy atom. The summed E-state index contributed by atoms with van der Waals surface area (Å²) in [5.74, 6) is 0.716. The highest BCUT2D eigenvalue weighted by atomic mass is 16.5. The molecular formula is C13H20N2O2. The molecule has 0 aliphatic rings. The van der Waals surface area contributed by atoms with Crippen molar-refractivity contribution in [1.29, 1.82) is 0 Å². The van der Waals surface area contributed by atoms with Gasteiger partial charge in [-0.25, -0.2) is 0 Å². The fourth-order valence-electron chi connectivity index (χ4n) is 1.79. The van der Waals surface area contributed by atoms with Crippen molar-refractivity contribution < 1.29 is 9.53 Å². The molecule has 0 aromatic heterocycles. The lowest BCUT2D eigenvalue weighted by Crippen LogP contribution is -2.33. The van der Waals surface area contributed by atoms with Crippen LogP contribution in [-0.2, 0) is 4.79 Å². The molecule has 0 aliphatic heterocycles. The number of carbonyl (C=O) groups is 1. The van der Waals surface area contributed by atoms with Gasteiger partial charge in [0.15, 0.2) is 0 Å². The fourth-order valence-corrected chi connectivity index (χ4v) is 1.79. The highest BCUT2D eigenvalue weighted by molar-refractivity contribution is 5.83. The molecule has 1 aromatic carbocycles. The standard InChI is InChI=1S/C13H20N2O2/c1-8-9(2)11(17-5)7-6-10(8)12(14)13(16)15(3)4/h6-7,12H,14H2,1-5H3. The maximum absolute atomic E-state index is 11.8. The Kier molecular flexibility index (Phi) is 4.12. The number of amides is 1. The molecule has 0 radical (unpaired) electrons. The van der Waals surface area contributed by atoms with Crippen molar-refractivity contribution in [2.75, 3.05) is 21.2 Å². The Labute approximate surface area is 102 Å². The minimum atomic E-state index is -0.616. The van der Waals surface area contributed by atoms with Crippen molar-refractivity contribution in [2.45, 2.75) is 19.9 Å². The van der Waals surface area contributed by atoms with Gasteiger partial charge in [-0.1, -0.05) is 6.07 Å². The van der Waals surface area contributed by atoms with E-state index in [0.29, 0.717) is 0 Å². The second-order valence-corrected chi connectivity index (χ2v) is 4.32. The van der Waals surface area contributed by atoms with Crippen LogP contribution in [0.25, 0.3) is 0 Å². The van der Waals surface area contributed by atoms with E-state index in [0.717, 1.165) is 22.4 Å². The third-order valence-electron chi connectivity index (χ3n) is 3.04. The van der Waals surface area contributed by atoms with Crippen molar-refractivity contribution >= 4 is 5.91 Å². The van der Waals surface area contributed by atoms with E-state index >= 15 is 0 Å². The maximum Gasteiger partial charge on any atom is 0.243 e. The lowest BCUT2D eigenvalue weighted by atomic mass is 9.96.